The summed E-state index contributed by atoms with van der Waals surface area (Å²) in [7, 11) is 0. The Kier molecular flexibility index (Phi) is 4.85. The smallest absolute Gasteiger partial charge is 0.263 e. The summed E-state index contributed by atoms with van der Waals surface area (Å²) in [4.78, 5) is 18.0. The maximum Gasteiger partial charge on any atom is 0.263 e. The van der Waals surface area contributed by atoms with E-state index in [0.717, 1.165) is 4.90 Å². The number of aliphatic hydroxyl groups excluding tert-OH is 1. The number of carbonyl (C=O) groups excluding carboxylic acids is 1. The lowest BCUT2D eigenvalue weighted by Gasteiger charge is -2.34. The SMILES string of the molecule is O=C1c2ccccc2NC(O)N1c1cc(OCc2ncccc2F)ccc1Cl. The number of hydrogen-bond donors (Lipinski definition) is 2. The molecule has 0 spiro atoms. The molecule has 0 radical (unpaired) electrons. The van der Waals surface area contributed by atoms with Crippen LogP contribution in [-0.2, 0) is 6.61 Å². The number of fused-ring (bicyclic) bond motifs is 1. The molecule has 0 bridgehead atoms. The first-order valence-corrected chi connectivity index (χ1v) is 8.81. The van der Waals surface area contributed by atoms with Crippen molar-refractivity contribution in [2.75, 3.05) is 10.2 Å². The highest BCUT2D eigenvalue weighted by atomic mass is 35.5. The molecule has 0 fully saturated rings. The molecule has 1 amide bonds. The molecule has 1 atom stereocenters. The minimum atomic E-state index is -1.30. The maximum atomic E-state index is 13.7. The Morgan fingerprint density at radius 1 is 1.21 bits per heavy atom. The lowest BCUT2D eigenvalue weighted by Crippen LogP contribution is -2.49. The topological polar surface area (TPSA) is 74.7 Å². The van der Waals surface area contributed by atoms with Gasteiger partial charge in [0.25, 0.3) is 5.91 Å². The van der Waals surface area contributed by atoms with Crippen molar-refractivity contribution in [2.24, 2.45) is 0 Å². The number of para-hydroxylation sites is 1. The van der Waals surface area contributed by atoms with Crippen molar-refractivity contribution in [2.45, 2.75) is 13.0 Å². The number of halogens is 2. The molecule has 1 aromatic heterocycles. The first-order chi connectivity index (χ1) is 13.5. The Bertz CT molecular complexity index is 1050. The third-order valence-electron chi connectivity index (χ3n) is 4.29. The first kappa shape index (κ1) is 18.2. The molecule has 1 aliphatic heterocycles. The van der Waals surface area contributed by atoms with Crippen LogP contribution in [0.2, 0.25) is 5.02 Å². The zero-order valence-corrected chi connectivity index (χ0v) is 15.2. The van der Waals surface area contributed by atoms with Gasteiger partial charge in [-0.1, -0.05) is 23.7 Å². The average molecular weight is 400 g/mol. The second-order valence-corrected chi connectivity index (χ2v) is 6.48. The van der Waals surface area contributed by atoms with Gasteiger partial charge in [-0.3, -0.25) is 14.7 Å². The summed E-state index contributed by atoms with van der Waals surface area (Å²) in [5, 5.41) is 13.5. The number of benzene rings is 2. The van der Waals surface area contributed by atoms with E-state index in [4.69, 9.17) is 16.3 Å². The highest BCUT2D eigenvalue weighted by Crippen LogP contribution is 2.35. The zero-order chi connectivity index (χ0) is 19.7. The van der Waals surface area contributed by atoms with E-state index in [-0.39, 0.29) is 23.0 Å². The van der Waals surface area contributed by atoms with Gasteiger partial charge in [-0.2, -0.15) is 0 Å². The molecular formula is C20H15ClFN3O3. The minimum absolute atomic E-state index is 0.0919. The van der Waals surface area contributed by atoms with E-state index in [9.17, 15) is 14.3 Å². The van der Waals surface area contributed by atoms with Crippen molar-refractivity contribution in [3.8, 4) is 5.75 Å². The molecule has 0 saturated heterocycles. The van der Waals surface area contributed by atoms with Gasteiger partial charge in [-0.15, -0.1) is 0 Å². The number of nitrogens with one attached hydrogen (secondary N) is 1. The molecule has 8 heteroatoms. The van der Waals surface area contributed by atoms with Crippen LogP contribution in [0.3, 0.4) is 0 Å². The maximum absolute atomic E-state index is 13.7. The molecule has 6 nitrogen and oxygen atoms in total. The molecule has 142 valence electrons. The second-order valence-electron chi connectivity index (χ2n) is 6.07. The van der Waals surface area contributed by atoms with Crippen LogP contribution >= 0.6 is 11.6 Å². The number of carbonyl (C=O) groups is 1. The summed E-state index contributed by atoms with van der Waals surface area (Å²) in [5.74, 6) is -0.529. The quantitative estimate of drug-likeness (QED) is 0.698. The Labute approximate surface area is 165 Å². The minimum Gasteiger partial charge on any atom is -0.487 e. The second kappa shape index (κ2) is 7.46. The van der Waals surface area contributed by atoms with E-state index in [1.807, 2.05) is 0 Å². The Morgan fingerprint density at radius 3 is 2.86 bits per heavy atom. The molecule has 28 heavy (non-hydrogen) atoms. The number of nitrogens with zero attached hydrogens (tertiary/aromatic N) is 2. The van der Waals surface area contributed by atoms with Crippen LogP contribution in [0.25, 0.3) is 0 Å². The highest BCUT2D eigenvalue weighted by Gasteiger charge is 2.33. The normalized spacial score (nSPS) is 15.8. The van der Waals surface area contributed by atoms with E-state index in [0.29, 0.717) is 17.0 Å². The van der Waals surface area contributed by atoms with Crippen LogP contribution in [-0.4, -0.2) is 22.3 Å². The van der Waals surface area contributed by atoms with Gasteiger partial charge in [0.15, 0.2) is 0 Å². The van der Waals surface area contributed by atoms with Gasteiger partial charge in [0, 0.05) is 12.3 Å². The van der Waals surface area contributed by atoms with Gasteiger partial charge in [0.2, 0.25) is 6.35 Å². The number of aliphatic hydroxyl groups is 1. The fraction of sp³-hybridized carbons (Fsp3) is 0.100. The van der Waals surface area contributed by atoms with Crippen molar-refractivity contribution in [1.29, 1.82) is 0 Å². The van der Waals surface area contributed by atoms with Gasteiger partial charge in [0.05, 0.1) is 22.0 Å². The third-order valence-corrected chi connectivity index (χ3v) is 4.61. The molecule has 0 saturated carbocycles. The number of ether oxygens (including phenoxy) is 1. The van der Waals surface area contributed by atoms with E-state index in [1.165, 1.54) is 24.4 Å². The van der Waals surface area contributed by atoms with Crippen molar-refractivity contribution >= 4 is 28.9 Å². The monoisotopic (exact) mass is 399 g/mol. The van der Waals surface area contributed by atoms with Gasteiger partial charge in [0.1, 0.15) is 23.9 Å². The largest absolute Gasteiger partial charge is 0.487 e. The van der Waals surface area contributed by atoms with Crippen LogP contribution in [0.15, 0.2) is 60.8 Å². The number of rotatable bonds is 4. The van der Waals surface area contributed by atoms with Crippen LogP contribution in [0.5, 0.6) is 5.75 Å². The molecule has 2 aromatic carbocycles. The van der Waals surface area contributed by atoms with Gasteiger partial charge >= 0.3 is 0 Å². The first-order valence-electron chi connectivity index (χ1n) is 8.43. The molecule has 1 unspecified atom stereocenters. The predicted octanol–water partition coefficient (Wildman–Crippen LogP) is 3.80. The molecule has 3 aromatic rings. The molecule has 1 aliphatic rings. The van der Waals surface area contributed by atoms with E-state index >= 15 is 0 Å². The summed E-state index contributed by atoms with van der Waals surface area (Å²) < 4.78 is 19.3. The van der Waals surface area contributed by atoms with Gasteiger partial charge in [-0.05, 0) is 36.4 Å². The standard InChI is InChI=1S/C20H15ClFN3O3/c21-14-8-7-12(28-11-17-15(22)5-3-9-23-17)10-18(14)25-19(26)13-4-1-2-6-16(13)24-20(25)27/h1-10,20,24,27H,11H2. The summed E-state index contributed by atoms with van der Waals surface area (Å²) >= 11 is 6.27. The summed E-state index contributed by atoms with van der Waals surface area (Å²) in [5.41, 5.74) is 1.36. The Balaban J connectivity index is 1.62. The summed E-state index contributed by atoms with van der Waals surface area (Å²) in [6, 6.07) is 14.3. The molecule has 0 aliphatic carbocycles. The molecule has 2 N–H and O–H groups in total. The average Bonchev–Trinajstić information content (AvgIpc) is 2.69. The lowest BCUT2D eigenvalue weighted by molar-refractivity contribution is 0.0901. The zero-order valence-electron chi connectivity index (χ0n) is 14.5. The lowest BCUT2D eigenvalue weighted by atomic mass is 10.1. The number of hydrogen-bond acceptors (Lipinski definition) is 5. The summed E-state index contributed by atoms with van der Waals surface area (Å²) in [6.07, 6.45) is 0.171. The number of anilines is 2. The van der Waals surface area contributed by atoms with Crippen LogP contribution in [0, 0.1) is 5.82 Å². The van der Waals surface area contributed by atoms with Crippen molar-refractivity contribution in [3.63, 3.8) is 0 Å². The van der Waals surface area contributed by atoms with Gasteiger partial charge in [-0.25, -0.2) is 4.39 Å². The van der Waals surface area contributed by atoms with Crippen molar-refractivity contribution in [1.82, 2.24) is 4.98 Å². The highest BCUT2D eigenvalue weighted by molar-refractivity contribution is 6.34. The fourth-order valence-corrected chi connectivity index (χ4v) is 3.13. The summed E-state index contributed by atoms with van der Waals surface area (Å²) in [6.45, 7) is -0.0919. The van der Waals surface area contributed by atoms with Crippen LogP contribution < -0.4 is 15.0 Å². The third kappa shape index (κ3) is 3.37. The van der Waals surface area contributed by atoms with Crippen molar-refractivity contribution < 1.29 is 19.0 Å². The van der Waals surface area contributed by atoms with E-state index in [1.54, 1.807) is 36.4 Å². The van der Waals surface area contributed by atoms with Crippen LogP contribution in [0.4, 0.5) is 15.8 Å². The Hall–Kier alpha value is -3.16. The molecular weight excluding hydrogens is 385 g/mol. The van der Waals surface area contributed by atoms with E-state index < -0.39 is 18.1 Å². The number of pyridine rings is 1. The van der Waals surface area contributed by atoms with Gasteiger partial charge < -0.3 is 15.2 Å². The van der Waals surface area contributed by atoms with Crippen molar-refractivity contribution in [3.05, 3.63) is 82.9 Å². The Morgan fingerprint density at radius 2 is 2.04 bits per heavy atom. The predicted molar refractivity (Wildman–Crippen MR) is 103 cm³/mol. The molecule has 4 rings (SSSR count). The number of aromatic nitrogens is 1. The fourth-order valence-electron chi connectivity index (χ4n) is 2.92. The molecule has 2 heterocycles. The van der Waals surface area contributed by atoms with E-state index in [2.05, 4.69) is 10.3 Å². The van der Waals surface area contributed by atoms with Crippen LogP contribution in [0.1, 0.15) is 16.1 Å². The number of amides is 1.